The zero-order valence-corrected chi connectivity index (χ0v) is 16.5. The van der Waals surface area contributed by atoms with Crippen LogP contribution in [0.5, 0.6) is 11.5 Å². The predicted molar refractivity (Wildman–Crippen MR) is 115 cm³/mol. The van der Waals surface area contributed by atoms with Gasteiger partial charge in [-0.2, -0.15) is 0 Å². The Hall–Kier alpha value is -2.98. The lowest BCUT2D eigenvalue weighted by atomic mass is 10.1. The Kier molecular flexibility index (Phi) is 6.93. The van der Waals surface area contributed by atoms with Crippen LogP contribution in [-0.2, 0) is 17.0 Å². The van der Waals surface area contributed by atoms with E-state index in [-0.39, 0.29) is 11.5 Å². The number of rotatable bonds is 8. The Bertz CT molecular complexity index is 965. The molecule has 1 N–H and O–H groups in total. The van der Waals surface area contributed by atoms with Gasteiger partial charge in [0, 0.05) is 17.1 Å². The summed E-state index contributed by atoms with van der Waals surface area (Å²) in [5.41, 5.74) is 3.03. The molecular weight excluding hydrogens is 368 g/mol. The molecule has 0 unspecified atom stereocenters. The molecule has 0 heterocycles. The van der Waals surface area contributed by atoms with E-state index in [0.717, 1.165) is 21.8 Å². The van der Waals surface area contributed by atoms with Crippen molar-refractivity contribution in [1.82, 2.24) is 0 Å². The molecule has 0 amide bonds. The molecule has 0 radical (unpaired) electrons. The van der Waals surface area contributed by atoms with E-state index >= 15 is 0 Å². The van der Waals surface area contributed by atoms with E-state index in [1.165, 1.54) is 12.7 Å². The van der Waals surface area contributed by atoms with Gasteiger partial charge in [-0.3, -0.25) is 4.79 Å². The van der Waals surface area contributed by atoms with Gasteiger partial charge in [0.2, 0.25) is 0 Å². The minimum Gasteiger partial charge on any atom is -0.504 e. The third kappa shape index (κ3) is 5.51. The molecule has 0 saturated heterocycles. The van der Waals surface area contributed by atoms with Crippen molar-refractivity contribution < 1.29 is 14.6 Å². The Labute approximate surface area is 169 Å². The second kappa shape index (κ2) is 9.81. The molecule has 0 aromatic heterocycles. The topological polar surface area (TPSA) is 46.5 Å². The second-order valence-electron chi connectivity index (χ2n) is 6.29. The number of hydrogen-bond donors (Lipinski definition) is 1. The highest BCUT2D eigenvalue weighted by atomic mass is 32.2. The van der Waals surface area contributed by atoms with Crippen molar-refractivity contribution >= 4 is 23.6 Å². The quantitative estimate of drug-likeness (QED) is 0.406. The number of allylic oxidation sites excluding steroid dienone is 1. The van der Waals surface area contributed by atoms with Gasteiger partial charge in [-0.15, -0.1) is 11.8 Å². The molecule has 0 saturated carbocycles. The van der Waals surface area contributed by atoms with Crippen molar-refractivity contribution in [3.8, 4) is 11.5 Å². The van der Waals surface area contributed by atoms with E-state index < -0.39 is 0 Å². The molecule has 0 aliphatic carbocycles. The third-order valence-corrected chi connectivity index (χ3v) is 5.43. The van der Waals surface area contributed by atoms with E-state index in [0.29, 0.717) is 12.2 Å². The molecule has 0 bridgehead atoms. The van der Waals surface area contributed by atoms with E-state index in [2.05, 4.69) is 18.2 Å². The summed E-state index contributed by atoms with van der Waals surface area (Å²) in [6.45, 7) is 0. The smallest absolute Gasteiger partial charge is 0.160 e. The summed E-state index contributed by atoms with van der Waals surface area (Å²) >= 11 is 1.74. The molecule has 0 aliphatic rings. The number of carbonyl (C=O) groups is 1. The van der Waals surface area contributed by atoms with Crippen LogP contribution in [0.15, 0.2) is 83.8 Å². The van der Waals surface area contributed by atoms with Crippen LogP contribution < -0.4 is 4.74 Å². The molecule has 3 rings (SSSR count). The van der Waals surface area contributed by atoms with Crippen molar-refractivity contribution in [3.05, 3.63) is 95.6 Å². The standard InChI is InChI=1S/C24H22O3S/c1-27-23-14-12-18(15-22(23)26)11-13-21(25)16-20-9-5-6-10-24(20)28-17-19-7-3-2-4-8-19/h2-15,26H,16-17H2,1H3/b13-11+. The number of ketones is 1. The molecule has 0 fully saturated rings. The highest BCUT2D eigenvalue weighted by Gasteiger charge is 2.07. The van der Waals surface area contributed by atoms with Gasteiger partial charge in [0.15, 0.2) is 17.3 Å². The van der Waals surface area contributed by atoms with Crippen LogP contribution in [0.25, 0.3) is 6.08 Å². The number of ether oxygens (including phenoxy) is 1. The molecule has 28 heavy (non-hydrogen) atoms. The van der Waals surface area contributed by atoms with Gasteiger partial charge >= 0.3 is 0 Å². The first-order chi connectivity index (χ1) is 13.7. The van der Waals surface area contributed by atoms with Crippen LogP contribution in [0.2, 0.25) is 0 Å². The van der Waals surface area contributed by atoms with E-state index in [4.69, 9.17) is 4.74 Å². The molecule has 0 spiro atoms. The summed E-state index contributed by atoms with van der Waals surface area (Å²) in [7, 11) is 1.50. The summed E-state index contributed by atoms with van der Waals surface area (Å²) in [6, 6.07) is 23.3. The average Bonchev–Trinajstić information content (AvgIpc) is 2.72. The number of phenols is 1. The number of carbonyl (C=O) groups excluding carboxylic acids is 1. The fourth-order valence-electron chi connectivity index (χ4n) is 2.77. The fraction of sp³-hybridized carbons (Fsp3) is 0.125. The van der Waals surface area contributed by atoms with Gasteiger partial charge in [-0.05, 0) is 41.0 Å². The summed E-state index contributed by atoms with van der Waals surface area (Å²) in [5.74, 6) is 1.35. The minimum absolute atomic E-state index is 0.0167. The van der Waals surface area contributed by atoms with Gasteiger partial charge in [0.25, 0.3) is 0 Å². The van der Waals surface area contributed by atoms with Gasteiger partial charge < -0.3 is 9.84 Å². The number of methoxy groups -OCH3 is 1. The number of thioether (sulfide) groups is 1. The molecule has 0 atom stereocenters. The van der Waals surface area contributed by atoms with E-state index in [1.807, 2.05) is 36.4 Å². The summed E-state index contributed by atoms with van der Waals surface area (Å²) < 4.78 is 5.03. The van der Waals surface area contributed by atoms with E-state index in [1.54, 1.807) is 42.1 Å². The number of hydrogen-bond acceptors (Lipinski definition) is 4. The monoisotopic (exact) mass is 390 g/mol. The number of phenolic OH excluding ortho intramolecular Hbond substituents is 1. The second-order valence-corrected chi connectivity index (χ2v) is 7.31. The molecule has 0 aliphatic heterocycles. The van der Waals surface area contributed by atoms with Crippen LogP contribution in [0, 0.1) is 0 Å². The van der Waals surface area contributed by atoms with Gasteiger partial charge in [-0.1, -0.05) is 60.7 Å². The van der Waals surface area contributed by atoms with Crippen LogP contribution in [-0.4, -0.2) is 18.0 Å². The fourth-order valence-corrected chi connectivity index (χ4v) is 3.79. The minimum atomic E-state index is 0.0167. The highest BCUT2D eigenvalue weighted by molar-refractivity contribution is 7.98. The van der Waals surface area contributed by atoms with Crippen LogP contribution in [0.1, 0.15) is 16.7 Å². The first-order valence-electron chi connectivity index (χ1n) is 8.98. The van der Waals surface area contributed by atoms with Crippen molar-refractivity contribution in [1.29, 1.82) is 0 Å². The lowest BCUT2D eigenvalue weighted by Gasteiger charge is -2.08. The maximum atomic E-state index is 12.4. The van der Waals surface area contributed by atoms with Gasteiger partial charge in [0.1, 0.15) is 0 Å². The highest BCUT2D eigenvalue weighted by Crippen LogP contribution is 2.28. The predicted octanol–water partition coefficient (Wildman–Crippen LogP) is 5.52. The Morgan fingerprint density at radius 1 is 1.04 bits per heavy atom. The average molecular weight is 391 g/mol. The Morgan fingerprint density at radius 3 is 2.54 bits per heavy atom. The molecule has 3 aromatic carbocycles. The van der Waals surface area contributed by atoms with Crippen LogP contribution in [0.4, 0.5) is 0 Å². The molecule has 142 valence electrons. The maximum absolute atomic E-state index is 12.4. The Balaban J connectivity index is 1.64. The van der Waals surface area contributed by atoms with Crippen molar-refractivity contribution in [2.24, 2.45) is 0 Å². The zero-order valence-electron chi connectivity index (χ0n) is 15.7. The van der Waals surface area contributed by atoms with Crippen molar-refractivity contribution in [2.75, 3.05) is 7.11 Å². The Morgan fingerprint density at radius 2 is 1.79 bits per heavy atom. The largest absolute Gasteiger partial charge is 0.504 e. The maximum Gasteiger partial charge on any atom is 0.160 e. The number of aromatic hydroxyl groups is 1. The van der Waals surface area contributed by atoms with Gasteiger partial charge in [-0.25, -0.2) is 0 Å². The third-order valence-electron chi connectivity index (χ3n) is 4.24. The van der Waals surface area contributed by atoms with E-state index in [9.17, 15) is 9.90 Å². The van der Waals surface area contributed by atoms with Crippen molar-refractivity contribution in [3.63, 3.8) is 0 Å². The van der Waals surface area contributed by atoms with Crippen LogP contribution >= 0.6 is 11.8 Å². The van der Waals surface area contributed by atoms with Gasteiger partial charge in [0.05, 0.1) is 7.11 Å². The summed E-state index contributed by atoms with van der Waals surface area (Å²) in [6.07, 6.45) is 3.61. The van der Waals surface area contributed by atoms with Crippen LogP contribution in [0.3, 0.4) is 0 Å². The molecule has 4 heteroatoms. The van der Waals surface area contributed by atoms with Crippen molar-refractivity contribution in [2.45, 2.75) is 17.1 Å². The summed E-state index contributed by atoms with van der Waals surface area (Å²) in [4.78, 5) is 13.6. The first-order valence-corrected chi connectivity index (χ1v) is 9.97. The lowest BCUT2D eigenvalue weighted by Crippen LogP contribution is -2.00. The lowest BCUT2D eigenvalue weighted by molar-refractivity contribution is -0.114. The normalized spacial score (nSPS) is 10.9. The zero-order chi connectivity index (χ0) is 19.8. The SMILES string of the molecule is COc1ccc(/C=C/C(=O)Cc2ccccc2SCc2ccccc2)cc1O. The molecule has 3 nitrogen and oxygen atoms in total. The molecular formula is C24H22O3S. The first kappa shape index (κ1) is 19.8. The summed E-state index contributed by atoms with van der Waals surface area (Å²) in [5, 5.41) is 9.83. The molecule has 3 aromatic rings. The number of benzene rings is 3.